The summed E-state index contributed by atoms with van der Waals surface area (Å²) in [7, 11) is 0. The van der Waals surface area contributed by atoms with Gasteiger partial charge in [0, 0.05) is 94.8 Å². The molecule has 12 amide bonds. The zero-order valence-electron chi connectivity index (χ0n) is 72.9. The Balaban J connectivity index is 0.915. The number of aliphatic imine (C=N–C) groups is 1. The molecule has 123 heavy (non-hydrogen) atoms. The van der Waals surface area contributed by atoms with Crippen molar-refractivity contribution in [3.8, 4) is 0 Å². The van der Waals surface area contributed by atoms with Crippen molar-refractivity contribution in [1.82, 2.24) is 83.1 Å². The third-order valence-corrected chi connectivity index (χ3v) is 26.4. The number of hydrogen-bond donors (Lipinski definition) is 17. The summed E-state index contributed by atoms with van der Waals surface area (Å²) in [6, 6.07) is -1.58. The molecule has 7 rings (SSSR count). The fourth-order valence-corrected chi connectivity index (χ4v) is 19.7. The van der Waals surface area contributed by atoms with Gasteiger partial charge in [0.25, 0.3) is 0 Å². The molecule has 1 saturated heterocycles. The molecule has 0 spiro atoms. The van der Waals surface area contributed by atoms with E-state index in [9.17, 15) is 87.2 Å². The van der Waals surface area contributed by atoms with E-state index in [2.05, 4.69) is 95.8 Å². The Bertz CT molecular complexity index is 4000. The number of thioether (sulfide) groups is 1. The Labute approximate surface area is 724 Å². The number of amides is 12. The molecule has 5 fully saturated rings. The van der Waals surface area contributed by atoms with Crippen molar-refractivity contribution in [3.05, 3.63) is 48.8 Å². The van der Waals surface area contributed by atoms with Gasteiger partial charge < -0.3 is 90.3 Å². The largest absolute Gasteiger partial charge is 0.480 e. The monoisotopic (exact) mass is 1740 g/mol. The Kier molecular flexibility index (Phi) is 39.5. The maximum Gasteiger partial charge on any atom is 0.317 e. The number of aromatic nitrogens is 1. The first-order valence-electron chi connectivity index (χ1n) is 43.3. The van der Waals surface area contributed by atoms with Gasteiger partial charge in [0.1, 0.15) is 42.3 Å². The molecule has 4 saturated carbocycles. The van der Waals surface area contributed by atoms with Crippen molar-refractivity contribution in [2.45, 2.75) is 206 Å². The second-order valence-corrected chi connectivity index (χ2v) is 36.3. The number of nitrogens with zero attached hydrogens (tertiary/aromatic N) is 5. The van der Waals surface area contributed by atoms with Gasteiger partial charge in [0.2, 0.25) is 70.9 Å². The predicted molar refractivity (Wildman–Crippen MR) is 463 cm³/mol. The number of rotatable bonds is 46. The lowest BCUT2D eigenvalue weighted by molar-refractivity contribution is -0.140. The maximum absolute atomic E-state index is 14.7. The third-order valence-electron chi connectivity index (χ3n) is 25.8. The van der Waals surface area contributed by atoms with Crippen LogP contribution in [-0.2, 0) is 78.3 Å². The molecular weight excluding hydrogens is 1610 g/mol. The summed E-state index contributed by atoms with van der Waals surface area (Å²) in [5.74, 6) is -9.10. The number of carbonyl (C=O) groups is 15. The highest BCUT2D eigenvalue weighted by molar-refractivity contribution is 7.98. The number of primary amides is 2. The van der Waals surface area contributed by atoms with E-state index in [1.165, 1.54) is 31.2 Å². The SMILES string of the molecule is C=CN/C=N\C[C@H](NC(=O)CNC(=O)[C@@H](NC(=O)[C@H](C)NC(=O)[C@H](Cc1c[nH]c2ccccc12)NC(=O)[C@H](CCC(N)=O)NC(=O)CC[C@@H](C)[C@H]1CCC2C3CCC4C[C@@H](NC(=O)CNC(=O)CN5CCN(CC(=O)O)CCN(CC(=O)O)CCN(CC(=O)O)CC5)CC[C@]4(C)C3CC[C@@]21C)C(C)C)C(=O)N[C@@H](CC(C)C)C(=O)N[C@@H](CCSC)C(N)=O. The predicted octanol–water partition coefficient (Wildman–Crippen LogP) is 0.359. The Morgan fingerprint density at radius 2 is 1.14 bits per heavy atom. The van der Waals surface area contributed by atoms with E-state index in [1.807, 2.05) is 44.4 Å². The molecule has 4 aliphatic carbocycles. The normalized spacial score (nSPS) is 23.6. The summed E-state index contributed by atoms with van der Waals surface area (Å²) in [6.45, 7) is 18.7. The van der Waals surface area contributed by atoms with Crippen molar-refractivity contribution in [2.75, 3.05) is 110 Å². The quantitative estimate of drug-likeness (QED) is 0.0314. The van der Waals surface area contributed by atoms with Gasteiger partial charge in [-0.25, -0.2) is 0 Å². The first-order valence-corrected chi connectivity index (χ1v) is 44.7. The Morgan fingerprint density at radius 3 is 1.73 bits per heavy atom. The smallest absolute Gasteiger partial charge is 0.317 e. The number of carboxylic acid groups (broad SMARTS) is 3. The molecule has 37 nitrogen and oxygen atoms in total. The van der Waals surface area contributed by atoms with Crippen LogP contribution in [0.25, 0.3) is 10.9 Å². The van der Waals surface area contributed by atoms with E-state index in [4.69, 9.17) is 11.5 Å². The molecule has 0 radical (unpaired) electrons. The Hall–Kier alpha value is -9.79. The van der Waals surface area contributed by atoms with Crippen molar-refractivity contribution in [2.24, 2.45) is 74.6 Å². The summed E-state index contributed by atoms with van der Waals surface area (Å²) in [4.78, 5) is 214. The number of para-hydroxylation sites is 1. The molecule has 2 heterocycles. The summed E-state index contributed by atoms with van der Waals surface area (Å²) in [6.07, 6.45) is 15.4. The van der Waals surface area contributed by atoms with E-state index >= 15 is 0 Å². The number of benzene rings is 1. The van der Waals surface area contributed by atoms with Crippen molar-refractivity contribution in [3.63, 3.8) is 0 Å². The summed E-state index contributed by atoms with van der Waals surface area (Å²) < 4.78 is 0. The molecule has 19 N–H and O–H groups in total. The van der Waals surface area contributed by atoms with E-state index < -0.39 is 138 Å². The standard InChI is InChI=1S/C85H135N19O18S/c1-11-88-49-89-42-67(82(121)98-65(38-50(2)3)81(120)97-63(77(87)116)26-37-123-10)96-71(108)44-92-83(122)76(51(4)5)100-78(117)53(7)93-80(119)66(39-54-41-90-62-15-13-12-14-57(54)62)99-79(118)64(21-22-68(86)105)95-69(106)23-16-52(6)59-19-20-60-58-18-17-55-40-56(24-27-84(55,8)61(58)25-28-85(59,60)9)94-70(107)43-91-72(109)45-101-29-31-102(46-73(110)111)33-35-104(48-75(114)115)36-34-103(32-30-101)47-74(112)113/h11-15,41,49-53,55-56,58-61,63-67,76,90H,1,16-40,42-48H2,2-10H3,(H2,86,105)(H2,87,116)(H,88,89)(H,91,109)(H,92,122)(H,93,119)(H,94,107)(H,95,106)(H,96,108)(H,97,120)(H,98,121)(H,99,118)(H,100,117)(H,110,111)(H,112,113)(H,114,115)/t52-,53+,55?,56+,58?,59-,60?,61?,63+,64+,65+,66+,67+,76+,84+,85-/m1/s1. The number of H-pyrrole nitrogens is 1. The molecule has 1 aliphatic heterocycles. The minimum atomic E-state index is -1.38. The molecule has 5 aliphatic rings. The van der Waals surface area contributed by atoms with Gasteiger partial charge in [0.15, 0.2) is 0 Å². The summed E-state index contributed by atoms with van der Waals surface area (Å²) in [5, 5.41) is 59.5. The highest BCUT2D eigenvalue weighted by atomic mass is 32.2. The second-order valence-electron chi connectivity index (χ2n) is 35.4. The zero-order valence-corrected chi connectivity index (χ0v) is 73.7. The maximum atomic E-state index is 14.7. The molecule has 2 aromatic rings. The van der Waals surface area contributed by atoms with Gasteiger partial charge in [-0.05, 0) is 178 Å². The molecule has 1 aromatic carbocycles. The number of carboxylic acids is 3. The van der Waals surface area contributed by atoms with Crippen LogP contribution < -0.4 is 70.0 Å². The highest BCUT2D eigenvalue weighted by Crippen LogP contribution is 2.68. The average molecular weight is 1740 g/mol. The van der Waals surface area contributed by atoms with Gasteiger partial charge in [-0.3, -0.25) is 96.5 Å². The topological polar surface area (TPSA) is 542 Å². The van der Waals surface area contributed by atoms with E-state index in [-0.39, 0.29) is 165 Å². The van der Waals surface area contributed by atoms with Gasteiger partial charge in [-0.15, -0.1) is 0 Å². The number of hydrogen-bond acceptors (Lipinski definition) is 21. The number of fused-ring (bicyclic) bond motifs is 6. The average Bonchev–Trinajstić information content (AvgIpc) is 1.65. The molecule has 0 bridgehead atoms. The van der Waals surface area contributed by atoms with Gasteiger partial charge >= 0.3 is 17.9 Å². The summed E-state index contributed by atoms with van der Waals surface area (Å²) in [5.41, 5.74) is 12.7. The molecule has 4 unspecified atom stereocenters. The lowest BCUT2D eigenvalue weighted by Gasteiger charge is -2.61. The minimum absolute atomic E-state index is 0.0221. The number of nitrogens with two attached hydrogens (primary N) is 2. The third kappa shape index (κ3) is 30.8. The Morgan fingerprint density at radius 1 is 0.577 bits per heavy atom. The van der Waals surface area contributed by atoms with Crippen LogP contribution in [0.15, 0.2) is 48.2 Å². The zero-order chi connectivity index (χ0) is 90.4. The lowest BCUT2D eigenvalue weighted by Crippen LogP contribution is -2.59. The van der Waals surface area contributed by atoms with Crippen LogP contribution >= 0.6 is 11.8 Å². The van der Waals surface area contributed by atoms with Crippen LogP contribution in [0.4, 0.5) is 0 Å². The van der Waals surface area contributed by atoms with Gasteiger partial charge in [-0.1, -0.05) is 73.2 Å². The van der Waals surface area contributed by atoms with Crippen molar-refractivity contribution in [1.29, 1.82) is 0 Å². The number of aliphatic carboxylic acids is 3. The van der Waals surface area contributed by atoms with Gasteiger partial charge in [0.05, 0.1) is 52.2 Å². The molecule has 38 heteroatoms. The highest BCUT2D eigenvalue weighted by Gasteiger charge is 2.61. The summed E-state index contributed by atoms with van der Waals surface area (Å²) >= 11 is 1.46. The van der Waals surface area contributed by atoms with Crippen LogP contribution in [0, 0.1) is 58.2 Å². The van der Waals surface area contributed by atoms with E-state index in [0.717, 1.165) is 68.7 Å². The first-order chi connectivity index (χ1) is 58.3. The van der Waals surface area contributed by atoms with Crippen LogP contribution in [-0.4, -0.2) is 294 Å². The van der Waals surface area contributed by atoms with Crippen LogP contribution in [0.3, 0.4) is 0 Å². The lowest BCUT2D eigenvalue weighted by atomic mass is 9.44. The first kappa shape index (κ1) is 100. The van der Waals surface area contributed by atoms with Crippen LogP contribution in [0.2, 0.25) is 0 Å². The van der Waals surface area contributed by atoms with E-state index in [0.29, 0.717) is 47.3 Å². The molecule has 1 aromatic heterocycles. The number of nitrogens with one attached hydrogen (secondary N) is 12. The molecule has 16 atom stereocenters. The van der Waals surface area contributed by atoms with Gasteiger partial charge in [-0.2, -0.15) is 11.8 Å². The van der Waals surface area contributed by atoms with Crippen molar-refractivity contribution < 1.29 is 87.2 Å². The minimum Gasteiger partial charge on any atom is -0.480 e. The fraction of sp³-hybridized carbons (Fsp3) is 0.694. The fourth-order valence-electron chi connectivity index (χ4n) is 19.2. The molecule has 684 valence electrons. The number of aromatic amines is 1. The van der Waals surface area contributed by atoms with Crippen LogP contribution in [0.5, 0.6) is 0 Å². The van der Waals surface area contributed by atoms with Crippen LogP contribution in [0.1, 0.15) is 157 Å². The second kappa shape index (κ2) is 48.5. The van der Waals surface area contributed by atoms with Crippen molar-refractivity contribution >= 4 is 118 Å². The van der Waals surface area contributed by atoms with E-state index in [1.54, 1.807) is 39.6 Å². The number of carbonyl (C=O) groups excluding carboxylic acids is 12. The molecular formula is C85H135N19O18S.